The number of nitrogens with two attached hydrogens (primary N) is 1. The van der Waals surface area contributed by atoms with E-state index in [0.29, 0.717) is 6.10 Å². The largest absolute Gasteiger partial charge is 0.490 e. The first-order valence-corrected chi connectivity index (χ1v) is 6.91. The van der Waals surface area contributed by atoms with E-state index in [2.05, 4.69) is 10.4 Å². The van der Waals surface area contributed by atoms with E-state index in [1.165, 1.54) is 18.4 Å². The van der Waals surface area contributed by atoms with Crippen molar-refractivity contribution in [3.63, 3.8) is 0 Å². The molecule has 20 heavy (non-hydrogen) atoms. The highest BCUT2D eigenvalue weighted by Crippen LogP contribution is 2.28. The van der Waals surface area contributed by atoms with Gasteiger partial charge in [0.2, 0.25) is 0 Å². The summed E-state index contributed by atoms with van der Waals surface area (Å²) in [6, 6.07) is 12.0. The Kier molecular flexibility index (Phi) is 3.67. The molecule has 0 saturated heterocycles. The lowest BCUT2D eigenvalue weighted by atomic mass is 10.0. The second kappa shape index (κ2) is 5.61. The lowest BCUT2D eigenvalue weighted by Gasteiger charge is -2.16. The Morgan fingerprint density at radius 3 is 2.60 bits per heavy atom. The van der Waals surface area contributed by atoms with E-state index in [1.54, 1.807) is 6.20 Å². The van der Waals surface area contributed by atoms with Crippen molar-refractivity contribution in [2.75, 3.05) is 0 Å². The Bertz CT molecular complexity index is 579. The zero-order valence-corrected chi connectivity index (χ0v) is 11.5. The molecule has 4 nitrogen and oxygen atoms in total. The molecular weight excluding hydrogens is 250 g/mol. The highest BCUT2D eigenvalue weighted by atomic mass is 16.5. The number of rotatable bonds is 5. The molecule has 0 radical (unpaired) electrons. The molecule has 0 aliphatic heterocycles. The van der Waals surface area contributed by atoms with Gasteiger partial charge in [0.1, 0.15) is 5.75 Å². The van der Waals surface area contributed by atoms with Crippen LogP contribution in [0.3, 0.4) is 0 Å². The molecule has 0 amide bonds. The molecule has 104 valence electrons. The van der Waals surface area contributed by atoms with Gasteiger partial charge in [-0.2, -0.15) is 0 Å². The molecule has 4 heteroatoms. The number of hydrogen-bond acceptors (Lipinski definition) is 4. The van der Waals surface area contributed by atoms with E-state index in [9.17, 15) is 0 Å². The van der Waals surface area contributed by atoms with E-state index in [0.717, 1.165) is 17.0 Å². The molecule has 1 heterocycles. The summed E-state index contributed by atoms with van der Waals surface area (Å²) < 4.78 is 5.75. The first-order chi connectivity index (χ1) is 9.76. The lowest BCUT2D eigenvalue weighted by molar-refractivity contribution is 0.303. The van der Waals surface area contributed by atoms with E-state index in [4.69, 9.17) is 10.6 Å². The van der Waals surface area contributed by atoms with Gasteiger partial charge in [0.25, 0.3) is 0 Å². The van der Waals surface area contributed by atoms with E-state index < -0.39 is 0 Å². The molecule has 0 spiro atoms. The van der Waals surface area contributed by atoms with Crippen molar-refractivity contribution in [1.29, 1.82) is 0 Å². The molecule has 1 fully saturated rings. The van der Waals surface area contributed by atoms with E-state index in [-0.39, 0.29) is 6.04 Å². The van der Waals surface area contributed by atoms with Gasteiger partial charge in [0.15, 0.2) is 0 Å². The molecule has 3 rings (SSSR count). The molecule has 1 saturated carbocycles. The second-order valence-corrected chi connectivity index (χ2v) is 5.24. The number of pyridine rings is 1. The summed E-state index contributed by atoms with van der Waals surface area (Å²) in [6.45, 7) is 2.05. The number of aryl methyl sites for hydroxylation is 1. The number of hydrazine groups is 1. The summed E-state index contributed by atoms with van der Waals surface area (Å²) in [5.74, 6) is 6.62. The third-order valence-corrected chi connectivity index (χ3v) is 3.44. The maximum Gasteiger partial charge on any atom is 0.119 e. The molecule has 1 aromatic carbocycles. The van der Waals surface area contributed by atoms with Crippen LogP contribution >= 0.6 is 0 Å². The summed E-state index contributed by atoms with van der Waals surface area (Å²) in [4.78, 5) is 4.39. The van der Waals surface area contributed by atoms with Gasteiger partial charge < -0.3 is 4.74 Å². The van der Waals surface area contributed by atoms with Gasteiger partial charge in [-0.05, 0) is 55.2 Å². The first kappa shape index (κ1) is 13.1. The van der Waals surface area contributed by atoms with Crippen LogP contribution in [0, 0.1) is 6.92 Å². The highest BCUT2D eigenvalue weighted by molar-refractivity contribution is 5.34. The Balaban J connectivity index is 1.81. The Morgan fingerprint density at radius 1 is 1.25 bits per heavy atom. The minimum absolute atomic E-state index is 0.107. The first-order valence-electron chi connectivity index (χ1n) is 6.91. The molecule has 2 aromatic rings. The van der Waals surface area contributed by atoms with Gasteiger partial charge in [0.05, 0.1) is 17.8 Å². The number of ether oxygens (including phenoxy) is 1. The highest BCUT2D eigenvalue weighted by Gasteiger charge is 2.23. The van der Waals surface area contributed by atoms with Crippen LogP contribution in [0.25, 0.3) is 0 Å². The van der Waals surface area contributed by atoms with Crippen molar-refractivity contribution in [2.24, 2.45) is 5.84 Å². The van der Waals surface area contributed by atoms with Gasteiger partial charge in [-0.25, -0.2) is 5.43 Å². The fourth-order valence-corrected chi connectivity index (χ4v) is 2.19. The topological polar surface area (TPSA) is 60.2 Å². The third-order valence-electron chi connectivity index (χ3n) is 3.44. The van der Waals surface area contributed by atoms with Crippen LogP contribution in [-0.2, 0) is 0 Å². The zero-order valence-electron chi connectivity index (χ0n) is 11.5. The Morgan fingerprint density at radius 2 is 2.00 bits per heavy atom. The lowest BCUT2D eigenvalue weighted by Crippen LogP contribution is -2.29. The van der Waals surface area contributed by atoms with Crippen molar-refractivity contribution < 1.29 is 4.74 Å². The summed E-state index contributed by atoms with van der Waals surface area (Å²) in [5.41, 5.74) is 6.00. The Labute approximate surface area is 119 Å². The maximum absolute atomic E-state index is 5.75. The van der Waals surface area contributed by atoms with Gasteiger partial charge in [-0.15, -0.1) is 0 Å². The van der Waals surface area contributed by atoms with Crippen LogP contribution in [0.1, 0.15) is 35.7 Å². The van der Waals surface area contributed by atoms with Crippen molar-refractivity contribution in [2.45, 2.75) is 31.9 Å². The van der Waals surface area contributed by atoms with Crippen LogP contribution in [0.2, 0.25) is 0 Å². The van der Waals surface area contributed by atoms with Crippen LogP contribution in [0.4, 0.5) is 0 Å². The second-order valence-electron chi connectivity index (χ2n) is 5.24. The molecule has 1 aliphatic rings. The fourth-order valence-electron chi connectivity index (χ4n) is 2.19. The number of benzene rings is 1. The minimum atomic E-state index is -0.107. The van der Waals surface area contributed by atoms with Crippen molar-refractivity contribution in [3.8, 4) is 5.75 Å². The molecule has 1 atom stereocenters. The summed E-state index contributed by atoms with van der Waals surface area (Å²) in [5, 5.41) is 0. The molecule has 3 N–H and O–H groups in total. The number of aromatic nitrogens is 1. The van der Waals surface area contributed by atoms with Crippen LogP contribution in [0.15, 0.2) is 42.6 Å². The quantitative estimate of drug-likeness (QED) is 0.646. The molecule has 1 unspecified atom stereocenters. The number of hydrogen-bond donors (Lipinski definition) is 2. The zero-order chi connectivity index (χ0) is 13.9. The van der Waals surface area contributed by atoms with Gasteiger partial charge in [0, 0.05) is 6.20 Å². The summed E-state index contributed by atoms with van der Waals surface area (Å²) in [7, 11) is 0. The van der Waals surface area contributed by atoms with Crippen LogP contribution in [0.5, 0.6) is 5.75 Å². The normalized spacial score (nSPS) is 15.9. The van der Waals surface area contributed by atoms with Gasteiger partial charge in [-0.1, -0.05) is 12.1 Å². The van der Waals surface area contributed by atoms with Gasteiger partial charge in [-0.3, -0.25) is 10.8 Å². The number of nitrogens with zero attached hydrogens (tertiary/aromatic N) is 1. The van der Waals surface area contributed by atoms with Crippen LogP contribution < -0.4 is 16.0 Å². The van der Waals surface area contributed by atoms with Crippen molar-refractivity contribution in [1.82, 2.24) is 10.4 Å². The molecule has 1 aliphatic carbocycles. The monoisotopic (exact) mass is 269 g/mol. The SMILES string of the molecule is Cc1ccnc(C(NN)c2ccc(OC3CC3)cc2)c1. The maximum atomic E-state index is 5.75. The van der Waals surface area contributed by atoms with Crippen molar-refractivity contribution in [3.05, 3.63) is 59.4 Å². The van der Waals surface area contributed by atoms with Gasteiger partial charge >= 0.3 is 0 Å². The molecule has 1 aromatic heterocycles. The van der Waals surface area contributed by atoms with Crippen LogP contribution in [-0.4, -0.2) is 11.1 Å². The molecule has 0 bridgehead atoms. The smallest absolute Gasteiger partial charge is 0.119 e. The van der Waals surface area contributed by atoms with E-state index >= 15 is 0 Å². The van der Waals surface area contributed by atoms with Crippen molar-refractivity contribution >= 4 is 0 Å². The van der Waals surface area contributed by atoms with E-state index in [1.807, 2.05) is 43.3 Å². The average Bonchev–Trinajstić information content (AvgIpc) is 3.26. The number of nitrogens with one attached hydrogen (secondary N) is 1. The predicted octanol–water partition coefficient (Wildman–Crippen LogP) is 2.48. The predicted molar refractivity (Wildman–Crippen MR) is 78.2 cm³/mol. The standard InChI is InChI=1S/C16H19N3O/c1-11-8-9-18-15(10-11)16(19-17)12-2-4-13(5-3-12)20-14-6-7-14/h2-5,8-10,14,16,19H,6-7,17H2,1H3. The minimum Gasteiger partial charge on any atom is -0.490 e. The Hall–Kier alpha value is -1.91. The third kappa shape index (κ3) is 2.98. The summed E-state index contributed by atoms with van der Waals surface area (Å²) in [6.07, 6.45) is 4.56. The average molecular weight is 269 g/mol. The fraction of sp³-hybridized carbons (Fsp3) is 0.312. The molecular formula is C16H19N3O. The summed E-state index contributed by atoms with van der Waals surface area (Å²) >= 11 is 0.